The summed E-state index contributed by atoms with van der Waals surface area (Å²) in [7, 11) is 2.23. The predicted molar refractivity (Wildman–Crippen MR) is 156 cm³/mol. The summed E-state index contributed by atoms with van der Waals surface area (Å²) in [6.45, 7) is 4.90. The number of nitrogen functional groups attached to an aromatic ring is 1. The van der Waals surface area contributed by atoms with Gasteiger partial charge in [-0.25, -0.2) is 9.97 Å². The molecule has 8 heteroatoms. The van der Waals surface area contributed by atoms with E-state index in [4.69, 9.17) is 15.9 Å². The summed E-state index contributed by atoms with van der Waals surface area (Å²) in [5.41, 5.74) is 8.35. The molecule has 3 aromatic rings. The van der Waals surface area contributed by atoms with Gasteiger partial charge < -0.3 is 25.6 Å². The summed E-state index contributed by atoms with van der Waals surface area (Å²) in [6, 6.07) is 18.3. The lowest BCUT2D eigenvalue weighted by molar-refractivity contribution is -0.00281. The molecule has 204 valence electrons. The molecule has 6 rings (SSSR count). The van der Waals surface area contributed by atoms with Gasteiger partial charge in [-0.15, -0.1) is 0 Å². The fourth-order valence-electron chi connectivity index (χ4n) is 6.63. The van der Waals surface area contributed by atoms with Crippen LogP contribution < -0.4 is 15.8 Å². The van der Waals surface area contributed by atoms with E-state index in [1.807, 2.05) is 54.6 Å². The SMILES string of the molecule is CN1CCC(N2CCC3(CC2)CC(Nc2ncnc(N)c2C(=N)c2ccc(Oc4ccccc4)cc2)C3)CC1. The van der Waals surface area contributed by atoms with Crippen molar-refractivity contribution in [3.8, 4) is 11.5 Å². The second-order valence-corrected chi connectivity index (χ2v) is 11.6. The van der Waals surface area contributed by atoms with Crippen molar-refractivity contribution in [2.24, 2.45) is 5.41 Å². The van der Waals surface area contributed by atoms with Gasteiger partial charge in [-0.1, -0.05) is 18.2 Å². The number of hydrogen-bond acceptors (Lipinski definition) is 8. The van der Waals surface area contributed by atoms with Gasteiger partial charge in [0, 0.05) is 17.6 Å². The zero-order valence-electron chi connectivity index (χ0n) is 22.8. The average molecular weight is 526 g/mol. The highest BCUT2D eigenvalue weighted by Gasteiger charge is 2.46. The standard InChI is InChI=1S/C31H39N7O/c1-37-15-11-24(12-16-37)38-17-13-31(14-18-38)19-23(20-31)36-30-27(29(33)34-21-35-30)28(32)22-7-9-26(10-8-22)39-25-5-3-2-4-6-25/h2-10,21,23-24,32H,11-20H2,1H3,(H3,33,34,35,36). The molecule has 0 atom stereocenters. The van der Waals surface area contributed by atoms with Crippen LogP contribution in [0.15, 0.2) is 60.9 Å². The fourth-order valence-corrected chi connectivity index (χ4v) is 6.63. The second kappa shape index (κ2) is 10.9. The van der Waals surface area contributed by atoms with E-state index in [1.54, 1.807) is 0 Å². The van der Waals surface area contributed by atoms with Crippen molar-refractivity contribution < 1.29 is 4.74 Å². The van der Waals surface area contributed by atoms with Crippen LogP contribution in [0.25, 0.3) is 0 Å². The molecule has 0 amide bonds. The Balaban J connectivity index is 1.07. The number of nitrogens with two attached hydrogens (primary N) is 1. The van der Waals surface area contributed by atoms with Crippen LogP contribution in [0.5, 0.6) is 11.5 Å². The average Bonchev–Trinajstić information content (AvgIpc) is 2.94. The van der Waals surface area contributed by atoms with Gasteiger partial charge in [0.2, 0.25) is 0 Å². The van der Waals surface area contributed by atoms with Crippen LogP contribution in [0.1, 0.15) is 49.7 Å². The third kappa shape index (κ3) is 5.63. The summed E-state index contributed by atoms with van der Waals surface area (Å²) in [6.07, 6.45) is 8.96. The normalized spacial score (nSPS) is 20.4. The van der Waals surface area contributed by atoms with Gasteiger partial charge in [0.25, 0.3) is 0 Å². The molecule has 2 aromatic carbocycles. The number of likely N-dealkylation sites (tertiary alicyclic amines) is 2. The Morgan fingerprint density at radius 1 is 0.949 bits per heavy atom. The summed E-state index contributed by atoms with van der Waals surface area (Å²) < 4.78 is 5.90. The van der Waals surface area contributed by atoms with Crippen LogP contribution >= 0.6 is 0 Å². The van der Waals surface area contributed by atoms with Crippen LogP contribution in [-0.2, 0) is 0 Å². The Bertz CT molecular complexity index is 1270. The van der Waals surface area contributed by atoms with Crippen LogP contribution in [-0.4, -0.2) is 70.8 Å². The Hall–Kier alpha value is -3.49. The lowest BCUT2D eigenvalue weighted by Gasteiger charge is -2.54. The zero-order chi connectivity index (χ0) is 26.8. The van der Waals surface area contributed by atoms with Crippen molar-refractivity contribution in [3.63, 3.8) is 0 Å². The monoisotopic (exact) mass is 525 g/mol. The molecule has 1 saturated carbocycles. The summed E-state index contributed by atoms with van der Waals surface area (Å²) in [5, 5.41) is 12.6. The van der Waals surface area contributed by atoms with E-state index in [0.29, 0.717) is 34.4 Å². The molecule has 3 aliphatic rings. The Kier molecular flexibility index (Phi) is 7.23. The highest BCUT2D eigenvalue weighted by Crippen LogP contribution is 2.50. The van der Waals surface area contributed by atoms with Gasteiger partial charge in [-0.05, 0) is 114 Å². The number of rotatable bonds is 7. The minimum Gasteiger partial charge on any atom is -0.457 e. The third-order valence-electron chi connectivity index (χ3n) is 9.01. The number of ether oxygens (including phenoxy) is 1. The molecular formula is C31H39N7O. The van der Waals surface area contributed by atoms with Crippen molar-refractivity contribution in [3.05, 3.63) is 72.1 Å². The number of hydrogen-bond donors (Lipinski definition) is 3. The Morgan fingerprint density at radius 3 is 2.31 bits per heavy atom. The van der Waals surface area contributed by atoms with E-state index in [1.165, 1.54) is 58.2 Å². The summed E-state index contributed by atoms with van der Waals surface area (Å²) in [4.78, 5) is 13.9. The first-order valence-corrected chi connectivity index (χ1v) is 14.2. The van der Waals surface area contributed by atoms with Crippen molar-refractivity contribution in [1.82, 2.24) is 19.8 Å². The van der Waals surface area contributed by atoms with E-state index < -0.39 is 0 Å². The maximum Gasteiger partial charge on any atom is 0.141 e. The van der Waals surface area contributed by atoms with Gasteiger partial charge in [-0.3, -0.25) is 5.41 Å². The lowest BCUT2D eigenvalue weighted by Crippen LogP contribution is -2.54. The van der Waals surface area contributed by atoms with Crippen LogP contribution in [0, 0.1) is 10.8 Å². The third-order valence-corrected chi connectivity index (χ3v) is 9.01. The largest absolute Gasteiger partial charge is 0.457 e. The molecule has 2 saturated heterocycles. The number of anilines is 2. The van der Waals surface area contributed by atoms with Crippen LogP contribution in [0.4, 0.5) is 11.6 Å². The Morgan fingerprint density at radius 2 is 1.62 bits per heavy atom. The Labute approximate surface area is 231 Å². The van der Waals surface area contributed by atoms with Gasteiger partial charge in [0.15, 0.2) is 0 Å². The molecule has 3 heterocycles. The molecule has 1 aromatic heterocycles. The zero-order valence-corrected chi connectivity index (χ0v) is 22.8. The van der Waals surface area contributed by atoms with Crippen molar-refractivity contribution in [1.29, 1.82) is 5.41 Å². The molecular weight excluding hydrogens is 486 g/mol. The molecule has 4 N–H and O–H groups in total. The first-order valence-electron chi connectivity index (χ1n) is 14.2. The molecule has 2 aliphatic heterocycles. The van der Waals surface area contributed by atoms with Crippen molar-refractivity contribution in [2.45, 2.75) is 50.6 Å². The van der Waals surface area contributed by atoms with E-state index in [2.05, 4.69) is 32.1 Å². The molecule has 0 unspecified atom stereocenters. The topological polar surface area (TPSA) is 103 Å². The second-order valence-electron chi connectivity index (χ2n) is 11.6. The molecule has 0 bridgehead atoms. The number of nitrogens with one attached hydrogen (secondary N) is 2. The number of aromatic nitrogens is 2. The lowest BCUT2D eigenvalue weighted by atomic mass is 9.60. The minimum absolute atomic E-state index is 0.308. The summed E-state index contributed by atoms with van der Waals surface area (Å²) >= 11 is 0. The molecule has 3 fully saturated rings. The highest BCUT2D eigenvalue weighted by molar-refractivity contribution is 6.16. The highest BCUT2D eigenvalue weighted by atomic mass is 16.5. The molecule has 8 nitrogen and oxygen atoms in total. The maximum absolute atomic E-state index is 8.94. The smallest absolute Gasteiger partial charge is 0.141 e. The van der Waals surface area contributed by atoms with Crippen molar-refractivity contribution in [2.75, 3.05) is 44.3 Å². The molecule has 1 spiro atoms. The van der Waals surface area contributed by atoms with Gasteiger partial charge in [0.1, 0.15) is 29.5 Å². The van der Waals surface area contributed by atoms with Crippen LogP contribution in [0.3, 0.4) is 0 Å². The first kappa shape index (κ1) is 25.8. The molecule has 39 heavy (non-hydrogen) atoms. The predicted octanol–water partition coefficient (Wildman–Crippen LogP) is 5.02. The van der Waals surface area contributed by atoms with E-state index in [-0.39, 0.29) is 0 Å². The fraction of sp³-hybridized carbons (Fsp3) is 0.452. The number of benzene rings is 2. The number of para-hydroxylation sites is 1. The number of piperidine rings is 2. The van der Waals surface area contributed by atoms with E-state index in [0.717, 1.165) is 35.9 Å². The summed E-state index contributed by atoms with van der Waals surface area (Å²) in [5.74, 6) is 2.47. The quantitative estimate of drug-likeness (QED) is 0.372. The molecule has 0 radical (unpaired) electrons. The van der Waals surface area contributed by atoms with Gasteiger partial charge >= 0.3 is 0 Å². The van der Waals surface area contributed by atoms with Crippen LogP contribution in [0.2, 0.25) is 0 Å². The van der Waals surface area contributed by atoms with Crippen molar-refractivity contribution >= 4 is 17.3 Å². The first-order chi connectivity index (χ1) is 19.0. The molecule has 1 aliphatic carbocycles. The van der Waals surface area contributed by atoms with E-state index in [9.17, 15) is 0 Å². The maximum atomic E-state index is 8.94. The number of nitrogens with zero attached hydrogens (tertiary/aromatic N) is 4. The van der Waals surface area contributed by atoms with E-state index >= 15 is 0 Å². The van der Waals surface area contributed by atoms with Gasteiger partial charge in [-0.2, -0.15) is 0 Å². The minimum atomic E-state index is 0.308. The van der Waals surface area contributed by atoms with Gasteiger partial charge in [0.05, 0.1) is 11.3 Å².